The van der Waals surface area contributed by atoms with E-state index in [1.807, 2.05) is 12.4 Å². The van der Waals surface area contributed by atoms with Crippen LogP contribution in [0.2, 0.25) is 0 Å². The van der Waals surface area contributed by atoms with E-state index in [0.717, 1.165) is 6.42 Å². The Morgan fingerprint density at radius 1 is 1.70 bits per heavy atom. The minimum atomic E-state index is -0.0139. The molecular weight excluding hydrogens is 126 g/mol. The van der Waals surface area contributed by atoms with Gasteiger partial charge in [-0.25, -0.2) is 0 Å². The van der Waals surface area contributed by atoms with Crippen molar-refractivity contribution in [2.75, 3.05) is 7.05 Å². The maximum Gasteiger partial charge on any atom is 0.190 e. The van der Waals surface area contributed by atoms with Crippen molar-refractivity contribution in [3.8, 4) is 0 Å². The summed E-state index contributed by atoms with van der Waals surface area (Å²) in [6.07, 6.45) is 1.07. The largest absolute Gasteiger partial charge is 0.337 e. The van der Waals surface area contributed by atoms with Crippen LogP contribution in [0, 0.1) is 5.92 Å². The molecule has 1 saturated carbocycles. The fourth-order valence-electron chi connectivity index (χ4n) is 1.54. The maximum absolute atomic E-state index is 10.9. The Bertz CT molecular complexity index is 140. The summed E-state index contributed by atoms with van der Waals surface area (Å²) in [4.78, 5) is 10.9. The van der Waals surface area contributed by atoms with Crippen molar-refractivity contribution in [1.29, 1.82) is 0 Å². The van der Waals surface area contributed by atoms with Crippen molar-refractivity contribution in [3.05, 3.63) is 0 Å². The topological polar surface area (TPSA) is 33.7 Å². The maximum atomic E-state index is 10.9. The summed E-state index contributed by atoms with van der Waals surface area (Å²) in [7, 11) is 1.98. The number of likely N-dealkylation sites (N-methyl/N-ethyl adjacent to an activating group) is 1. The number of nitrogens with two attached hydrogens (primary N) is 1. The SMILES string of the molecule is C.C[NH2+]C1(C(C)=O)CC1C. The third kappa shape index (κ3) is 1.08. The fourth-order valence-corrected chi connectivity index (χ4v) is 1.54. The molecule has 1 rings (SSSR count). The summed E-state index contributed by atoms with van der Waals surface area (Å²) in [5, 5.41) is 2.04. The molecule has 0 heterocycles. The first-order chi connectivity index (χ1) is 4.13. The number of hydrogen-bond donors (Lipinski definition) is 1. The van der Waals surface area contributed by atoms with Gasteiger partial charge in [-0.15, -0.1) is 0 Å². The Labute approximate surface area is 63.0 Å². The molecule has 0 amide bonds. The van der Waals surface area contributed by atoms with Gasteiger partial charge >= 0.3 is 0 Å². The van der Waals surface area contributed by atoms with E-state index in [1.54, 1.807) is 6.92 Å². The molecule has 2 unspecified atom stereocenters. The standard InChI is InChI=1S/C7H13NO.CH4/c1-5-4-7(5,8-3)6(2)9;/h5,8H,4H2,1-3H3;1H4/p+1. The van der Waals surface area contributed by atoms with Gasteiger partial charge in [-0.05, 0) is 0 Å². The molecule has 0 aromatic rings. The van der Waals surface area contributed by atoms with Gasteiger partial charge < -0.3 is 5.32 Å². The molecule has 0 aromatic carbocycles. The molecule has 2 atom stereocenters. The molecule has 0 spiro atoms. The summed E-state index contributed by atoms with van der Waals surface area (Å²) in [6, 6.07) is 0. The summed E-state index contributed by atoms with van der Waals surface area (Å²) in [5.41, 5.74) is -0.0139. The van der Waals surface area contributed by atoms with Crippen LogP contribution in [0.1, 0.15) is 27.7 Å². The van der Waals surface area contributed by atoms with Crippen LogP contribution in [0.3, 0.4) is 0 Å². The molecule has 0 aliphatic heterocycles. The van der Waals surface area contributed by atoms with Crippen LogP contribution < -0.4 is 5.32 Å². The Kier molecular flexibility index (Phi) is 2.60. The van der Waals surface area contributed by atoms with E-state index < -0.39 is 0 Å². The van der Waals surface area contributed by atoms with Crippen LogP contribution in [0.25, 0.3) is 0 Å². The summed E-state index contributed by atoms with van der Waals surface area (Å²) in [5.74, 6) is 0.928. The quantitative estimate of drug-likeness (QED) is 0.589. The monoisotopic (exact) mass is 144 g/mol. The van der Waals surface area contributed by atoms with Gasteiger partial charge in [-0.1, -0.05) is 14.4 Å². The molecule has 10 heavy (non-hydrogen) atoms. The third-order valence-corrected chi connectivity index (χ3v) is 2.53. The van der Waals surface area contributed by atoms with Crippen molar-refractivity contribution < 1.29 is 10.1 Å². The highest BCUT2D eigenvalue weighted by Gasteiger charge is 2.58. The second kappa shape index (κ2) is 2.70. The van der Waals surface area contributed by atoms with E-state index >= 15 is 0 Å². The van der Waals surface area contributed by atoms with E-state index in [1.165, 1.54) is 0 Å². The second-order valence-electron chi connectivity index (χ2n) is 2.99. The zero-order chi connectivity index (χ0) is 7.07. The first kappa shape index (κ1) is 9.63. The molecular formula is C8H18NO+. The van der Waals surface area contributed by atoms with Crippen LogP contribution in [0.4, 0.5) is 0 Å². The predicted molar refractivity (Wildman–Crippen MR) is 41.8 cm³/mol. The molecule has 0 saturated heterocycles. The molecule has 1 fully saturated rings. The fraction of sp³-hybridized carbons (Fsp3) is 0.875. The summed E-state index contributed by atoms with van der Waals surface area (Å²) < 4.78 is 0. The van der Waals surface area contributed by atoms with Gasteiger partial charge in [0.05, 0.1) is 7.05 Å². The van der Waals surface area contributed by atoms with Gasteiger partial charge in [0.15, 0.2) is 11.3 Å². The molecule has 1 aliphatic carbocycles. The number of carbonyl (C=O) groups excluding carboxylic acids is 1. The lowest BCUT2D eigenvalue weighted by Gasteiger charge is -2.05. The Balaban J connectivity index is 0.000000810. The molecule has 0 radical (unpaired) electrons. The van der Waals surface area contributed by atoms with Crippen molar-refractivity contribution in [1.82, 2.24) is 0 Å². The van der Waals surface area contributed by atoms with Gasteiger partial charge in [0, 0.05) is 19.3 Å². The lowest BCUT2D eigenvalue weighted by atomic mass is 10.1. The minimum Gasteiger partial charge on any atom is -0.337 e. The van der Waals surface area contributed by atoms with Crippen LogP contribution in [0.5, 0.6) is 0 Å². The molecule has 2 nitrogen and oxygen atoms in total. The normalized spacial score (nSPS) is 36.5. The number of Topliss-reactive ketones (excluding diaryl/α,β-unsaturated/α-hetero) is 1. The summed E-state index contributed by atoms with van der Waals surface area (Å²) in [6.45, 7) is 3.81. The molecule has 60 valence electrons. The van der Waals surface area contributed by atoms with Gasteiger partial charge in [-0.2, -0.15) is 0 Å². The zero-order valence-electron chi connectivity index (χ0n) is 6.27. The van der Waals surface area contributed by atoms with E-state index in [-0.39, 0.29) is 13.0 Å². The Hall–Kier alpha value is -0.370. The van der Waals surface area contributed by atoms with Gasteiger partial charge in [0.25, 0.3) is 0 Å². The van der Waals surface area contributed by atoms with Crippen molar-refractivity contribution in [2.24, 2.45) is 5.92 Å². The first-order valence-corrected chi connectivity index (χ1v) is 3.45. The third-order valence-electron chi connectivity index (χ3n) is 2.53. The molecule has 2 N–H and O–H groups in total. The van der Waals surface area contributed by atoms with E-state index in [4.69, 9.17) is 0 Å². The summed E-state index contributed by atoms with van der Waals surface area (Å²) >= 11 is 0. The lowest BCUT2D eigenvalue weighted by Crippen LogP contribution is -2.91. The molecule has 2 heteroatoms. The van der Waals surface area contributed by atoms with Crippen LogP contribution in [-0.4, -0.2) is 18.4 Å². The molecule has 0 aromatic heterocycles. The average molecular weight is 144 g/mol. The van der Waals surface area contributed by atoms with Crippen molar-refractivity contribution >= 4 is 5.78 Å². The lowest BCUT2D eigenvalue weighted by molar-refractivity contribution is -0.666. The van der Waals surface area contributed by atoms with Crippen molar-refractivity contribution in [2.45, 2.75) is 33.2 Å². The van der Waals surface area contributed by atoms with E-state index in [2.05, 4.69) is 6.92 Å². The number of rotatable bonds is 2. The average Bonchev–Trinajstić information content (AvgIpc) is 2.43. The Morgan fingerprint density at radius 2 is 2.10 bits per heavy atom. The number of quaternary nitrogens is 1. The first-order valence-electron chi connectivity index (χ1n) is 3.45. The molecule has 0 bridgehead atoms. The van der Waals surface area contributed by atoms with E-state index in [9.17, 15) is 4.79 Å². The van der Waals surface area contributed by atoms with Crippen LogP contribution in [0.15, 0.2) is 0 Å². The van der Waals surface area contributed by atoms with Gasteiger partial charge in [-0.3, -0.25) is 4.79 Å². The smallest absolute Gasteiger partial charge is 0.190 e. The van der Waals surface area contributed by atoms with Crippen LogP contribution in [-0.2, 0) is 4.79 Å². The highest BCUT2D eigenvalue weighted by atomic mass is 16.1. The van der Waals surface area contributed by atoms with Crippen molar-refractivity contribution in [3.63, 3.8) is 0 Å². The minimum absolute atomic E-state index is 0. The number of hydrogen-bond acceptors (Lipinski definition) is 1. The zero-order valence-corrected chi connectivity index (χ0v) is 6.27. The van der Waals surface area contributed by atoms with E-state index in [0.29, 0.717) is 11.7 Å². The highest BCUT2D eigenvalue weighted by Crippen LogP contribution is 2.39. The number of ketones is 1. The second-order valence-corrected chi connectivity index (χ2v) is 2.99. The van der Waals surface area contributed by atoms with Gasteiger partial charge in [0.1, 0.15) is 0 Å². The highest BCUT2D eigenvalue weighted by molar-refractivity contribution is 5.87. The van der Waals surface area contributed by atoms with Crippen LogP contribution >= 0.6 is 0 Å². The number of carbonyl (C=O) groups is 1. The van der Waals surface area contributed by atoms with Gasteiger partial charge in [0.2, 0.25) is 0 Å². The predicted octanol–water partition coefficient (Wildman–Crippen LogP) is 0.183. The molecule has 1 aliphatic rings. The Morgan fingerprint density at radius 3 is 2.10 bits per heavy atom.